The molecule has 1 fully saturated rings. The van der Waals surface area contributed by atoms with Crippen molar-refractivity contribution in [3.8, 4) is 0 Å². The van der Waals surface area contributed by atoms with E-state index < -0.39 is 27.9 Å². The second-order valence-electron chi connectivity index (χ2n) is 5.18. The monoisotopic (exact) mass is 338 g/mol. The number of hydrogen-bond donors (Lipinski definition) is 2. The van der Waals surface area contributed by atoms with Crippen LogP contribution in [0.4, 0.5) is 0 Å². The number of esters is 1. The Balaban J connectivity index is 2.14. The molecule has 0 aliphatic carbocycles. The van der Waals surface area contributed by atoms with E-state index in [1.807, 2.05) is 0 Å². The second-order valence-corrected chi connectivity index (χ2v) is 6.94. The largest absolute Gasteiger partial charge is 0.461 e. The van der Waals surface area contributed by atoms with E-state index >= 15 is 0 Å². The van der Waals surface area contributed by atoms with Gasteiger partial charge in [0.2, 0.25) is 10.0 Å². The number of nitrogens with one attached hydrogen (secondary N) is 2. The third kappa shape index (κ3) is 4.17. The van der Waals surface area contributed by atoms with Gasteiger partial charge in [-0.3, -0.25) is 4.79 Å². The van der Waals surface area contributed by atoms with E-state index in [2.05, 4.69) is 16.6 Å². The van der Waals surface area contributed by atoms with Gasteiger partial charge in [-0.15, -0.1) is 6.58 Å². The van der Waals surface area contributed by atoms with Crippen LogP contribution in [-0.4, -0.2) is 39.0 Å². The van der Waals surface area contributed by atoms with Crippen LogP contribution in [-0.2, 0) is 19.6 Å². The average molecular weight is 338 g/mol. The fraction of sp³-hybridized carbons (Fsp3) is 0.333. The van der Waals surface area contributed by atoms with Crippen LogP contribution in [0.2, 0.25) is 0 Å². The van der Waals surface area contributed by atoms with Crippen molar-refractivity contribution in [2.45, 2.75) is 30.4 Å². The highest BCUT2D eigenvalue weighted by molar-refractivity contribution is 7.89. The van der Waals surface area contributed by atoms with Crippen molar-refractivity contribution in [3.63, 3.8) is 0 Å². The summed E-state index contributed by atoms with van der Waals surface area (Å²) in [6.45, 7) is 5.27. The van der Waals surface area contributed by atoms with Crippen LogP contribution in [0.25, 0.3) is 0 Å². The molecule has 1 amide bonds. The maximum atomic E-state index is 12.2. The minimum atomic E-state index is -3.72. The Bertz CT molecular complexity index is 729. The average Bonchev–Trinajstić information content (AvgIpc) is 2.83. The molecule has 2 rings (SSSR count). The molecule has 0 aromatic heterocycles. The number of carbonyl (C=O) groups excluding carboxylic acids is 2. The Morgan fingerprint density at radius 3 is 2.83 bits per heavy atom. The number of ether oxygens (including phenoxy) is 1. The maximum absolute atomic E-state index is 12.2. The van der Waals surface area contributed by atoms with Crippen LogP contribution in [0.3, 0.4) is 0 Å². The smallest absolute Gasteiger partial charge is 0.329 e. The van der Waals surface area contributed by atoms with Gasteiger partial charge in [-0.1, -0.05) is 12.1 Å². The summed E-state index contributed by atoms with van der Waals surface area (Å²) in [5.41, 5.74) is 0.152. The third-order valence-corrected chi connectivity index (χ3v) is 4.72. The first-order valence-electron chi connectivity index (χ1n) is 7.05. The molecule has 2 N–H and O–H groups in total. The highest BCUT2D eigenvalue weighted by atomic mass is 32.2. The molecular weight excluding hydrogens is 320 g/mol. The summed E-state index contributed by atoms with van der Waals surface area (Å²) in [5, 5.41) is 2.55. The lowest BCUT2D eigenvalue weighted by Gasteiger charge is -2.10. The molecule has 2 atom stereocenters. The van der Waals surface area contributed by atoms with Crippen molar-refractivity contribution >= 4 is 21.9 Å². The topological polar surface area (TPSA) is 102 Å². The molecule has 1 aliphatic heterocycles. The predicted molar refractivity (Wildman–Crippen MR) is 83.3 cm³/mol. The molecule has 0 bridgehead atoms. The van der Waals surface area contributed by atoms with Crippen LogP contribution < -0.4 is 10.0 Å². The standard InChI is InChI=1S/C15H18N2O5S/c1-3-7-16-23(20,21)12-6-4-5-11(9-12)14(18)17-13-8-10(2)22-15(13)19/h3-6,9-10,13,16H,1,7-8H2,2H3,(H,17,18)/t10-,13+/m0/s1. The maximum Gasteiger partial charge on any atom is 0.329 e. The molecule has 1 aromatic carbocycles. The molecule has 0 saturated carbocycles. The quantitative estimate of drug-likeness (QED) is 0.584. The Labute approximate surface area is 134 Å². The second kappa shape index (κ2) is 6.93. The van der Waals surface area contributed by atoms with Gasteiger partial charge < -0.3 is 10.1 Å². The first-order chi connectivity index (χ1) is 10.8. The number of amides is 1. The first kappa shape index (κ1) is 17.2. The molecule has 1 aromatic rings. The van der Waals surface area contributed by atoms with Gasteiger partial charge in [0.1, 0.15) is 12.1 Å². The minimum absolute atomic E-state index is 0.0330. The molecular formula is C15H18N2O5S. The van der Waals surface area contributed by atoms with E-state index in [0.717, 1.165) is 0 Å². The zero-order valence-electron chi connectivity index (χ0n) is 12.6. The lowest BCUT2D eigenvalue weighted by Crippen LogP contribution is -2.38. The zero-order valence-corrected chi connectivity index (χ0v) is 13.4. The van der Waals surface area contributed by atoms with E-state index in [1.54, 1.807) is 6.92 Å². The minimum Gasteiger partial charge on any atom is -0.461 e. The van der Waals surface area contributed by atoms with Gasteiger partial charge in [-0.2, -0.15) is 0 Å². The van der Waals surface area contributed by atoms with Gasteiger partial charge in [0.05, 0.1) is 4.90 Å². The lowest BCUT2D eigenvalue weighted by molar-refractivity contribution is -0.142. The summed E-state index contributed by atoms with van der Waals surface area (Å²) in [5.74, 6) is -1.01. The van der Waals surface area contributed by atoms with Crippen molar-refractivity contribution in [2.75, 3.05) is 6.54 Å². The van der Waals surface area contributed by atoms with E-state index in [-0.39, 0.29) is 23.1 Å². The summed E-state index contributed by atoms with van der Waals surface area (Å²) in [6.07, 6.45) is 1.56. The fourth-order valence-electron chi connectivity index (χ4n) is 2.17. The third-order valence-electron chi connectivity index (χ3n) is 3.30. The molecule has 1 heterocycles. The number of cyclic esters (lactones) is 1. The summed E-state index contributed by atoms with van der Waals surface area (Å²) in [6, 6.07) is 4.87. The highest BCUT2D eigenvalue weighted by Crippen LogP contribution is 2.16. The number of carbonyl (C=O) groups is 2. The van der Waals surface area contributed by atoms with Crippen molar-refractivity contribution < 1.29 is 22.7 Å². The van der Waals surface area contributed by atoms with Crippen LogP contribution >= 0.6 is 0 Å². The summed E-state index contributed by atoms with van der Waals surface area (Å²) >= 11 is 0. The Hall–Kier alpha value is -2.19. The number of hydrogen-bond acceptors (Lipinski definition) is 5. The van der Waals surface area contributed by atoms with Crippen molar-refractivity contribution in [1.29, 1.82) is 0 Å². The van der Waals surface area contributed by atoms with Crippen LogP contribution in [0.1, 0.15) is 23.7 Å². The number of rotatable bonds is 6. The van der Waals surface area contributed by atoms with Crippen molar-refractivity contribution in [1.82, 2.24) is 10.0 Å². The van der Waals surface area contributed by atoms with E-state index in [0.29, 0.717) is 6.42 Å². The lowest BCUT2D eigenvalue weighted by atomic mass is 10.1. The van der Waals surface area contributed by atoms with Gasteiger partial charge >= 0.3 is 5.97 Å². The fourth-order valence-corrected chi connectivity index (χ4v) is 3.22. The van der Waals surface area contributed by atoms with E-state index in [1.165, 1.54) is 30.3 Å². The molecule has 124 valence electrons. The molecule has 1 saturated heterocycles. The van der Waals surface area contributed by atoms with E-state index in [9.17, 15) is 18.0 Å². The summed E-state index contributed by atoms with van der Waals surface area (Å²) < 4.78 is 31.4. The van der Waals surface area contributed by atoms with E-state index in [4.69, 9.17) is 4.74 Å². The van der Waals surface area contributed by atoms with Crippen LogP contribution in [0, 0.1) is 0 Å². The first-order valence-corrected chi connectivity index (χ1v) is 8.54. The van der Waals surface area contributed by atoms with Gasteiger partial charge in [0.15, 0.2) is 0 Å². The molecule has 1 aliphatic rings. The van der Waals surface area contributed by atoms with Gasteiger partial charge in [0.25, 0.3) is 5.91 Å². The van der Waals surface area contributed by atoms with Crippen LogP contribution in [0.15, 0.2) is 41.8 Å². The zero-order chi connectivity index (χ0) is 17.0. The number of benzene rings is 1. The molecule has 0 radical (unpaired) electrons. The molecule has 0 unspecified atom stereocenters. The molecule has 7 nitrogen and oxygen atoms in total. The Morgan fingerprint density at radius 1 is 1.48 bits per heavy atom. The van der Waals surface area contributed by atoms with Crippen molar-refractivity contribution in [2.24, 2.45) is 0 Å². The molecule has 23 heavy (non-hydrogen) atoms. The highest BCUT2D eigenvalue weighted by Gasteiger charge is 2.33. The van der Waals surface area contributed by atoms with Crippen LogP contribution in [0.5, 0.6) is 0 Å². The normalized spacial score (nSPS) is 20.8. The summed E-state index contributed by atoms with van der Waals surface area (Å²) in [7, 11) is -3.72. The predicted octanol–water partition coefficient (Wildman–Crippen LogP) is 0.585. The van der Waals surface area contributed by atoms with Gasteiger partial charge in [-0.05, 0) is 25.1 Å². The Morgan fingerprint density at radius 2 is 2.22 bits per heavy atom. The number of sulfonamides is 1. The van der Waals surface area contributed by atoms with Gasteiger partial charge in [0, 0.05) is 18.5 Å². The SMILES string of the molecule is C=CCNS(=O)(=O)c1cccc(C(=O)N[C@@H]2C[C@H](C)OC2=O)c1. The van der Waals surface area contributed by atoms with Gasteiger partial charge in [-0.25, -0.2) is 17.9 Å². The Kier molecular flexibility index (Phi) is 5.17. The molecule has 8 heteroatoms. The van der Waals surface area contributed by atoms with Crippen molar-refractivity contribution in [3.05, 3.63) is 42.5 Å². The molecule has 0 spiro atoms. The summed E-state index contributed by atoms with van der Waals surface area (Å²) in [4.78, 5) is 23.7.